The zero-order valence-corrected chi connectivity index (χ0v) is 6.03. The summed E-state index contributed by atoms with van der Waals surface area (Å²) >= 11 is 0. The number of methoxy groups -OCH3 is 1. The predicted octanol–water partition coefficient (Wildman–Crippen LogP) is 1.09. The van der Waals surface area contributed by atoms with Gasteiger partial charge in [-0.3, -0.25) is 0 Å². The third-order valence-corrected chi connectivity index (χ3v) is 1.16. The second-order valence-corrected chi connectivity index (χ2v) is 1.89. The molecule has 0 N–H and O–H groups in total. The number of rotatable bonds is 2. The summed E-state index contributed by atoms with van der Waals surface area (Å²) in [5.74, 6) is 0.743. The van der Waals surface area contributed by atoms with Gasteiger partial charge in [-0.15, -0.1) is 0 Å². The van der Waals surface area contributed by atoms with Crippen molar-refractivity contribution in [3.05, 3.63) is 34.9 Å². The van der Waals surface area contributed by atoms with Crippen LogP contribution in [0.4, 0.5) is 0 Å². The van der Waals surface area contributed by atoms with Crippen LogP contribution in [0.1, 0.15) is 5.76 Å². The molecule has 0 unspecified atom stereocenters. The van der Waals surface area contributed by atoms with Crippen molar-refractivity contribution in [3.8, 4) is 5.75 Å². The van der Waals surface area contributed by atoms with Crippen LogP contribution in [-0.4, -0.2) is 7.11 Å². The number of hydrogen-bond donors (Lipinski definition) is 0. The molecule has 0 amide bonds. The van der Waals surface area contributed by atoms with Crippen molar-refractivity contribution >= 4 is 6.08 Å². The Morgan fingerprint density at radius 2 is 2.36 bits per heavy atom. The maximum absolute atomic E-state index is 10.7. The normalized spacial score (nSPS) is 9.18. The van der Waals surface area contributed by atoms with Gasteiger partial charge in [0.2, 0.25) is 0 Å². The SMILES string of the molecule is [CH]=Cc1cc(OC)cc(=O)o1. The Kier molecular flexibility index (Phi) is 2.11. The van der Waals surface area contributed by atoms with Crippen LogP contribution in [0, 0.1) is 6.58 Å². The van der Waals surface area contributed by atoms with Crippen LogP contribution in [0.15, 0.2) is 21.3 Å². The Balaban J connectivity index is 3.22. The van der Waals surface area contributed by atoms with Gasteiger partial charge >= 0.3 is 5.63 Å². The number of hydrogen-bond acceptors (Lipinski definition) is 3. The van der Waals surface area contributed by atoms with Gasteiger partial charge < -0.3 is 9.15 Å². The molecule has 0 spiro atoms. The van der Waals surface area contributed by atoms with Crippen molar-refractivity contribution < 1.29 is 9.15 Å². The van der Waals surface area contributed by atoms with E-state index in [2.05, 4.69) is 4.42 Å². The Hall–Kier alpha value is -1.51. The highest BCUT2D eigenvalue weighted by molar-refractivity contribution is 5.40. The summed E-state index contributed by atoms with van der Waals surface area (Å²) in [7, 11) is 1.47. The van der Waals surface area contributed by atoms with E-state index >= 15 is 0 Å². The molecule has 57 valence electrons. The van der Waals surface area contributed by atoms with Gasteiger partial charge in [-0.2, -0.15) is 0 Å². The van der Waals surface area contributed by atoms with E-state index in [1.165, 1.54) is 25.3 Å². The summed E-state index contributed by atoms with van der Waals surface area (Å²) in [5.41, 5.74) is -0.471. The van der Waals surface area contributed by atoms with Crippen molar-refractivity contribution in [1.29, 1.82) is 0 Å². The molecular weight excluding hydrogens is 144 g/mol. The Morgan fingerprint density at radius 1 is 1.64 bits per heavy atom. The van der Waals surface area contributed by atoms with E-state index in [4.69, 9.17) is 11.3 Å². The summed E-state index contributed by atoms with van der Waals surface area (Å²) in [6.07, 6.45) is 1.20. The molecular formula is C8H7O3. The standard InChI is InChI=1S/C8H7O3/c1-3-6-4-7(10-2)5-8(9)11-6/h1,3-5H,2H3. The van der Waals surface area contributed by atoms with E-state index < -0.39 is 5.63 Å². The molecule has 0 aliphatic carbocycles. The molecule has 3 heteroatoms. The highest BCUT2D eigenvalue weighted by Gasteiger charge is 1.96. The number of ether oxygens (including phenoxy) is 1. The monoisotopic (exact) mass is 151 g/mol. The summed E-state index contributed by atoms with van der Waals surface area (Å²) in [5, 5.41) is 0. The van der Waals surface area contributed by atoms with E-state index in [0.717, 1.165) is 0 Å². The van der Waals surface area contributed by atoms with Crippen molar-refractivity contribution in [1.82, 2.24) is 0 Å². The van der Waals surface area contributed by atoms with E-state index in [-0.39, 0.29) is 0 Å². The average Bonchev–Trinajstić information content (AvgIpc) is 2.03. The fourth-order valence-corrected chi connectivity index (χ4v) is 0.673. The minimum atomic E-state index is -0.471. The van der Waals surface area contributed by atoms with Gasteiger partial charge in [-0.05, 0) is 6.08 Å². The molecule has 0 aromatic carbocycles. The maximum atomic E-state index is 10.7. The lowest BCUT2D eigenvalue weighted by Crippen LogP contribution is -1.98. The van der Waals surface area contributed by atoms with Gasteiger partial charge in [-0.25, -0.2) is 4.79 Å². The Labute approximate surface area is 63.9 Å². The van der Waals surface area contributed by atoms with Crippen LogP contribution in [0.5, 0.6) is 5.75 Å². The van der Waals surface area contributed by atoms with E-state index in [1.54, 1.807) is 0 Å². The third-order valence-electron chi connectivity index (χ3n) is 1.16. The van der Waals surface area contributed by atoms with E-state index in [9.17, 15) is 4.79 Å². The van der Waals surface area contributed by atoms with E-state index in [0.29, 0.717) is 11.5 Å². The predicted molar refractivity (Wildman–Crippen MR) is 40.3 cm³/mol. The molecule has 0 saturated heterocycles. The van der Waals surface area contributed by atoms with Crippen LogP contribution in [0.25, 0.3) is 6.08 Å². The molecule has 1 heterocycles. The smallest absolute Gasteiger partial charge is 0.339 e. The Morgan fingerprint density at radius 3 is 2.91 bits per heavy atom. The second kappa shape index (κ2) is 3.05. The van der Waals surface area contributed by atoms with Crippen LogP contribution in [-0.2, 0) is 0 Å². The first-order valence-corrected chi connectivity index (χ1v) is 3.00. The van der Waals surface area contributed by atoms with Gasteiger partial charge in [0.25, 0.3) is 0 Å². The highest BCUT2D eigenvalue weighted by Crippen LogP contribution is 2.09. The van der Waals surface area contributed by atoms with E-state index in [1.807, 2.05) is 0 Å². The summed E-state index contributed by atoms with van der Waals surface area (Å²) in [6, 6.07) is 2.77. The molecule has 0 fully saturated rings. The van der Waals surface area contributed by atoms with Gasteiger partial charge in [0, 0.05) is 6.07 Å². The maximum Gasteiger partial charge on any atom is 0.339 e. The van der Waals surface area contributed by atoms with Gasteiger partial charge in [-0.1, -0.05) is 6.58 Å². The molecule has 0 saturated carbocycles. The van der Waals surface area contributed by atoms with Crippen molar-refractivity contribution in [3.63, 3.8) is 0 Å². The first-order valence-electron chi connectivity index (χ1n) is 3.00. The fourth-order valence-electron chi connectivity index (χ4n) is 0.673. The van der Waals surface area contributed by atoms with Crippen molar-refractivity contribution in [2.75, 3.05) is 7.11 Å². The molecule has 1 aromatic heterocycles. The minimum absolute atomic E-state index is 0.300. The van der Waals surface area contributed by atoms with Crippen LogP contribution >= 0.6 is 0 Å². The lowest BCUT2D eigenvalue weighted by molar-refractivity contribution is 0.400. The molecule has 1 rings (SSSR count). The highest BCUT2D eigenvalue weighted by atomic mass is 16.5. The first-order chi connectivity index (χ1) is 5.26. The molecule has 0 aliphatic rings. The lowest BCUT2D eigenvalue weighted by atomic mass is 10.4. The van der Waals surface area contributed by atoms with Crippen LogP contribution in [0.3, 0.4) is 0 Å². The zero-order valence-electron chi connectivity index (χ0n) is 6.03. The quantitative estimate of drug-likeness (QED) is 0.635. The molecule has 1 radical (unpaired) electrons. The second-order valence-electron chi connectivity index (χ2n) is 1.89. The van der Waals surface area contributed by atoms with Gasteiger partial charge in [0.1, 0.15) is 11.5 Å². The molecule has 3 nitrogen and oxygen atoms in total. The largest absolute Gasteiger partial charge is 0.496 e. The fraction of sp³-hybridized carbons (Fsp3) is 0.125. The summed E-state index contributed by atoms with van der Waals surface area (Å²) in [6.45, 7) is 5.13. The summed E-state index contributed by atoms with van der Waals surface area (Å²) < 4.78 is 9.45. The third kappa shape index (κ3) is 1.70. The van der Waals surface area contributed by atoms with Crippen LogP contribution < -0.4 is 10.4 Å². The summed E-state index contributed by atoms with van der Waals surface area (Å²) in [4.78, 5) is 10.7. The topological polar surface area (TPSA) is 39.4 Å². The molecule has 0 bridgehead atoms. The zero-order chi connectivity index (χ0) is 8.27. The van der Waals surface area contributed by atoms with Crippen LogP contribution in [0.2, 0.25) is 0 Å². The van der Waals surface area contributed by atoms with Gasteiger partial charge in [0.15, 0.2) is 0 Å². The average molecular weight is 151 g/mol. The lowest BCUT2D eigenvalue weighted by Gasteiger charge is -1.97. The molecule has 0 aliphatic heterocycles. The molecule has 1 aromatic rings. The van der Waals surface area contributed by atoms with Crippen molar-refractivity contribution in [2.45, 2.75) is 0 Å². The van der Waals surface area contributed by atoms with Gasteiger partial charge in [0.05, 0.1) is 13.2 Å². The Bertz CT molecular complexity index is 311. The first kappa shape index (κ1) is 7.60. The molecule has 11 heavy (non-hydrogen) atoms. The minimum Gasteiger partial charge on any atom is -0.496 e. The van der Waals surface area contributed by atoms with Crippen molar-refractivity contribution in [2.24, 2.45) is 0 Å². The molecule has 0 atom stereocenters.